The molecule has 0 bridgehead atoms. The predicted octanol–water partition coefficient (Wildman–Crippen LogP) is 7.89. The molecule has 35 heavy (non-hydrogen) atoms. The zero-order valence-electron chi connectivity index (χ0n) is 23.3. The summed E-state index contributed by atoms with van der Waals surface area (Å²) in [4.78, 5) is 2.01. The summed E-state index contributed by atoms with van der Waals surface area (Å²) in [6.45, 7) is 13.4. The number of aliphatic hydroxyl groups excluding tert-OH is 1. The van der Waals surface area contributed by atoms with Gasteiger partial charge >= 0.3 is 7.60 Å². The van der Waals surface area contributed by atoms with E-state index in [1.165, 1.54) is 0 Å². The minimum absolute atomic E-state index is 0.168. The molecular formula is C29H50NO4P. The largest absolute Gasteiger partial charge is 0.378 e. The van der Waals surface area contributed by atoms with Crippen molar-refractivity contribution in [2.45, 2.75) is 98.1 Å². The molecule has 6 heteroatoms. The van der Waals surface area contributed by atoms with Gasteiger partial charge in [0.1, 0.15) is 0 Å². The molecule has 0 unspecified atom stereocenters. The molecule has 0 spiro atoms. The highest BCUT2D eigenvalue weighted by atomic mass is 31.2. The van der Waals surface area contributed by atoms with Crippen LogP contribution in [0.25, 0.3) is 0 Å². The number of rotatable bonds is 9. The van der Waals surface area contributed by atoms with E-state index < -0.39 is 13.4 Å². The van der Waals surface area contributed by atoms with E-state index in [2.05, 4.69) is 41.5 Å². The van der Waals surface area contributed by atoms with Crippen molar-refractivity contribution in [3.8, 4) is 0 Å². The van der Waals surface area contributed by atoms with Gasteiger partial charge in [-0.25, -0.2) is 0 Å². The van der Waals surface area contributed by atoms with Crippen LogP contribution >= 0.6 is 7.60 Å². The summed E-state index contributed by atoms with van der Waals surface area (Å²) in [5.41, 5.74) is 1.62. The fraction of sp³-hybridized carbons (Fsp3) is 0.793. The van der Waals surface area contributed by atoms with Crippen molar-refractivity contribution >= 4 is 13.3 Å². The van der Waals surface area contributed by atoms with Crippen LogP contribution < -0.4 is 4.90 Å². The van der Waals surface area contributed by atoms with Crippen LogP contribution in [0.15, 0.2) is 24.3 Å². The summed E-state index contributed by atoms with van der Waals surface area (Å²) in [7, 11) is 0.0893. The number of hydrogen-bond acceptors (Lipinski definition) is 5. The summed E-state index contributed by atoms with van der Waals surface area (Å²) in [6.07, 6.45) is 5.83. The molecule has 1 N–H and O–H groups in total. The van der Waals surface area contributed by atoms with E-state index in [0.717, 1.165) is 44.2 Å². The zero-order chi connectivity index (χ0) is 25.9. The maximum atomic E-state index is 14.7. The van der Waals surface area contributed by atoms with E-state index >= 15 is 0 Å². The van der Waals surface area contributed by atoms with Crippen molar-refractivity contribution in [1.82, 2.24) is 0 Å². The third kappa shape index (κ3) is 7.12. The Hall–Kier alpha value is -0.870. The van der Waals surface area contributed by atoms with Gasteiger partial charge in [0.05, 0.1) is 12.2 Å². The third-order valence-corrected chi connectivity index (χ3v) is 10.5. The smallest absolute Gasteiger partial charge is 0.363 e. The minimum Gasteiger partial charge on any atom is -0.378 e. The second-order valence-electron chi connectivity index (χ2n) is 12.3. The van der Waals surface area contributed by atoms with Gasteiger partial charge < -0.3 is 19.1 Å². The van der Waals surface area contributed by atoms with Gasteiger partial charge in [0, 0.05) is 19.8 Å². The SMILES string of the molecule is CC(C)[C@H]1CC[C@@H](C)C[C@H]1OP(=O)(O[C@@H]1C[C@H](C)CC[C@@H]1C(C)C)[C@H](O)c1ccc(N(C)C)cc1. The molecule has 2 aliphatic rings. The normalized spacial score (nSPS) is 31.1. The maximum absolute atomic E-state index is 14.7. The van der Waals surface area contributed by atoms with Gasteiger partial charge in [-0.05, 0) is 78.9 Å². The number of nitrogens with zero attached hydrogens (tertiary/aromatic N) is 1. The maximum Gasteiger partial charge on any atom is 0.363 e. The van der Waals surface area contributed by atoms with Crippen molar-refractivity contribution in [2.24, 2.45) is 35.5 Å². The Morgan fingerprint density at radius 2 is 1.26 bits per heavy atom. The lowest BCUT2D eigenvalue weighted by atomic mass is 9.75. The summed E-state index contributed by atoms with van der Waals surface area (Å²) in [5, 5.41) is 11.6. The monoisotopic (exact) mass is 507 g/mol. The molecule has 1 aromatic carbocycles. The molecule has 1 aromatic rings. The zero-order valence-corrected chi connectivity index (χ0v) is 24.2. The molecule has 2 fully saturated rings. The Morgan fingerprint density at radius 3 is 1.63 bits per heavy atom. The van der Waals surface area contributed by atoms with E-state index in [4.69, 9.17) is 9.05 Å². The fourth-order valence-electron chi connectivity index (χ4n) is 6.12. The highest BCUT2D eigenvalue weighted by molar-refractivity contribution is 7.54. The average molecular weight is 508 g/mol. The Kier molecular flexibility index (Phi) is 9.93. The van der Waals surface area contributed by atoms with Crippen LogP contribution in [0.2, 0.25) is 0 Å². The van der Waals surface area contributed by atoms with E-state index in [0.29, 0.717) is 41.1 Å². The van der Waals surface area contributed by atoms with Crippen LogP contribution in [0, 0.1) is 35.5 Å². The Balaban J connectivity index is 1.95. The van der Waals surface area contributed by atoms with Gasteiger partial charge in [-0.15, -0.1) is 0 Å². The average Bonchev–Trinajstić information content (AvgIpc) is 2.78. The molecule has 2 saturated carbocycles. The Bertz CT molecular complexity index is 802. The number of benzene rings is 1. The van der Waals surface area contributed by atoms with E-state index in [-0.39, 0.29) is 12.2 Å². The van der Waals surface area contributed by atoms with E-state index in [1.54, 1.807) is 0 Å². The quantitative estimate of drug-likeness (QED) is 0.344. The molecule has 200 valence electrons. The first-order valence-electron chi connectivity index (χ1n) is 13.8. The predicted molar refractivity (Wildman–Crippen MR) is 146 cm³/mol. The lowest BCUT2D eigenvalue weighted by Crippen LogP contribution is -2.37. The Labute approximate surface area is 214 Å². The van der Waals surface area contributed by atoms with Crippen molar-refractivity contribution in [3.05, 3.63) is 29.8 Å². The van der Waals surface area contributed by atoms with Crippen molar-refractivity contribution in [2.75, 3.05) is 19.0 Å². The molecule has 7 atom stereocenters. The molecule has 2 aliphatic carbocycles. The topological polar surface area (TPSA) is 59.0 Å². The Morgan fingerprint density at radius 1 is 0.829 bits per heavy atom. The van der Waals surface area contributed by atoms with Gasteiger partial charge in [0.25, 0.3) is 0 Å². The first kappa shape index (κ1) is 28.7. The number of aliphatic hydroxyl groups is 1. The van der Waals surface area contributed by atoms with E-state index in [9.17, 15) is 9.67 Å². The van der Waals surface area contributed by atoms with Crippen molar-refractivity contribution in [1.29, 1.82) is 0 Å². The van der Waals surface area contributed by atoms with Gasteiger partial charge in [0.15, 0.2) is 5.85 Å². The summed E-state index contributed by atoms with van der Waals surface area (Å²) in [6, 6.07) is 7.60. The van der Waals surface area contributed by atoms with Gasteiger partial charge in [-0.3, -0.25) is 4.57 Å². The molecule has 0 heterocycles. The molecule has 0 aliphatic heterocycles. The molecule has 0 saturated heterocycles. The highest BCUT2D eigenvalue weighted by Crippen LogP contribution is 2.64. The van der Waals surface area contributed by atoms with Crippen LogP contribution in [-0.4, -0.2) is 31.4 Å². The van der Waals surface area contributed by atoms with Crippen LogP contribution in [0.3, 0.4) is 0 Å². The lowest BCUT2D eigenvalue weighted by molar-refractivity contribution is -0.0153. The fourth-order valence-corrected chi connectivity index (χ4v) is 8.17. The van der Waals surface area contributed by atoms with E-state index in [1.807, 2.05) is 43.3 Å². The molecule has 5 nitrogen and oxygen atoms in total. The first-order chi connectivity index (χ1) is 16.4. The summed E-state index contributed by atoms with van der Waals surface area (Å²) < 4.78 is 27.8. The van der Waals surface area contributed by atoms with Crippen molar-refractivity contribution < 1.29 is 18.7 Å². The summed E-state index contributed by atoms with van der Waals surface area (Å²) >= 11 is 0. The highest BCUT2D eigenvalue weighted by Gasteiger charge is 2.46. The molecule has 3 rings (SSSR count). The van der Waals surface area contributed by atoms with Crippen LogP contribution in [0.4, 0.5) is 5.69 Å². The van der Waals surface area contributed by atoms with Crippen molar-refractivity contribution in [3.63, 3.8) is 0 Å². The molecule has 0 amide bonds. The van der Waals surface area contributed by atoms with Crippen LogP contribution in [-0.2, 0) is 13.6 Å². The molecular weight excluding hydrogens is 457 g/mol. The van der Waals surface area contributed by atoms with Gasteiger partial charge in [0.2, 0.25) is 0 Å². The number of anilines is 1. The second-order valence-corrected chi connectivity index (χ2v) is 14.3. The van der Waals surface area contributed by atoms with Gasteiger partial charge in [-0.1, -0.05) is 66.5 Å². The van der Waals surface area contributed by atoms with Crippen LogP contribution in [0.5, 0.6) is 0 Å². The second kappa shape index (κ2) is 12.1. The number of hydrogen-bond donors (Lipinski definition) is 1. The minimum atomic E-state index is -3.87. The molecule has 0 radical (unpaired) electrons. The standard InChI is InChI=1S/C29H50NO4P/c1-19(2)25-15-9-21(5)17-27(25)33-35(32,29(31)23-11-13-24(14-12-23)30(7)8)34-28-18-22(6)10-16-26(28)20(3)4/h11-14,19-22,25-29,31H,9-10,15-18H2,1-8H3/t21-,22-,25-,26-,27-,28-,29+/m1/s1. The van der Waals surface area contributed by atoms with Crippen LogP contribution in [0.1, 0.15) is 91.5 Å². The lowest BCUT2D eigenvalue weighted by Gasteiger charge is -2.42. The van der Waals surface area contributed by atoms with Gasteiger partial charge in [-0.2, -0.15) is 0 Å². The molecule has 0 aromatic heterocycles. The third-order valence-electron chi connectivity index (χ3n) is 8.49. The first-order valence-corrected chi connectivity index (χ1v) is 15.4. The summed E-state index contributed by atoms with van der Waals surface area (Å²) in [5.74, 6) is 1.21.